The lowest BCUT2D eigenvalue weighted by Crippen LogP contribution is -2.14. The molecule has 1 amide bonds. The van der Waals surface area contributed by atoms with Crippen molar-refractivity contribution in [2.24, 2.45) is 5.73 Å². The highest BCUT2D eigenvalue weighted by Crippen LogP contribution is 2.40. The van der Waals surface area contributed by atoms with E-state index in [-0.39, 0.29) is 5.56 Å². The molecule has 1 aliphatic carbocycles. The molecule has 2 aromatic carbocycles. The van der Waals surface area contributed by atoms with Crippen molar-refractivity contribution >= 4 is 28.2 Å². The predicted molar refractivity (Wildman–Crippen MR) is 106 cm³/mol. The third kappa shape index (κ3) is 2.90. The van der Waals surface area contributed by atoms with Crippen LogP contribution in [-0.4, -0.2) is 30.2 Å². The molecule has 4 N–H and O–H groups in total. The van der Waals surface area contributed by atoms with Crippen LogP contribution in [0.2, 0.25) is 0 Å². The average Bonchev–Trinajstić information content (AvgIpc) is 3.08. The van der Waals surface area contributed by atoms with Crippen LogP contribution in [-0.2, 0) is 6.42 Å². The Morgan fingerprint density at radius 2 is 2.00 bits per heavy atom. The topological polar surface area (TPSA) is 107 Å². The van der Waals surface area contributed by atoms with E-state index in [2.05, 4.69) is 10.3 Å². The van der Waals surface area contributed by atoms with Gasteiger partial charge in [-0.15, -0.1) is 0 Å². The van der Waals surface area contributed by atoms with Gasteiger partial charge in [0.1, 0.15) is 0 Å². The Balaban J connectivity index is 1.92. The summed E-state index contributed by atoms with van der Waals surface area (Å²) in [5, 5.41) is 14.2. The van der Waals surface area contributed by atoms with Crippen molar-refractivity contribution in [3.63, 3.8) is 0 Å². The number of ether oxygens (including phenoxy) is 2. The molecule has 3 aromatic rings. The van der Waals surface area contributed by atoms with Crippen molar-refractivity contribution in [3.05, 3.63) is 53.2 Å². The van der Waals surface area contributed by atoms with Crippen molar-refractivity contribution < 1.29 is 19.4 Å². The van der Waals surface area contributed by atoms with E-state index in [4.69, 9.17) is 15.2 Å². The van der Waals surface area contributed by atoms with Gasteiger partial charge in [0.15, 0.2) is 11.5 Å². The van der Waals surface area contributed by atoms with Gasteiger partial charge in [-0.2, -0.15) is 0 Å². The average molecular weight is 379 g/mol. The number of nitrogens with one attached hydrogen (secondary N) is 1. The van der Waals surface area contributed by atoms with Crippen LogP contribution < -0.4 is 20.5 Å². The van der Waals surface area contributed by atoms with E-state index in [1.807, 2.05) is 18.2 Å². The number of benzene rings is 2. The van der Waals surface area contributed by atoms with Crippen molar-refractivity contribution in [1.82, 2.24) is 4.98 Å². The van der Waals surface area contributed by atoms with Crippen LogP contribution in [0.3, 0.4) is 0 Å². The number of rotatable bonds is 5. The Morgan fingerprint density at radius 1 is 1.25 bits per heavy atom. The fourth-order valence-electron chi connectivity index (χ4n) is 3.72. The summed E-state index contributed by atoms with van der Waals surface area (Å²) in [7, 11) is 3.10. The fourth-order valence-corrected chi connectivity index (χ4v) is 3.72. The summed E-state index contributed by atoms with van der Waals surface area (Å²) in [6, 6.07) is 9.25. The molecule has 0 saturated heterocycles. The first-order chi connectivity index (χ1) is 13.5. The van der Waals surface area contributed by atoms with Crippen LogP contribution in [0.5, 0.6) is 11.5 Å². The number of aliphatic hydroxyl groups excluding tert-OH is 1. The highest BCUT2D eigenvalue weighted by Gasteiger charge is 2.24. The molecule has 7 heteroatoms. The summed E-state index contributed by atoms with van der Waals surface area (Å²) in [5.41, 5.74) is 9.84. The summed E-state index contributed by atoms with van der Waals surface area (Å²) in [5.74, 6) is 0.485. The number of hydrogen-bond acceptors (Lipinski definition) is 6. The molecule has 0 spiro atoms. The van der Waals surface area contributed by atoms with Gasteiger partial charge in [-0.3, -0.25) is 9.78 Å². The number of nitrogens with zero attached hydrogens (tertiary/aromatic N) is 1. The minimum Gasteiger partial charge on any atom is -0.493 e. The quantitative estimate of drug-likeness (QED) is 0.629. The Morgan fingerprint density at radius 3 is 2.71 bits per heavy atom. The number of amides is 1. The van der Waals surface area contributed by atoms with Gasteiger partial charge in [0, 0.05) is 23.3 Å². The third-order valence-electron chi connectivity index (χ3n) is 5.14. The first-order valence-electron chi connectivity index (χ1n) is 8.95. The molecule has 0 bridgehead atoms. The second kappa shape index (κ2) is 7.01. The highest BCUT2D eigenvalue weighted by atomic mass is 16.5. The van der Waals surface area contributed by atoms with E-state index >= 15 is 0 Å². The molecule has 28 heavy (non-hydrogen) atoms. The van der Waals surface area contributed by atoms with Crippen molar-refractivity contribution in [2.45, 2.75) is 18.9 Å². The van der Waals surface area contributed by atoms with Crippen LogP contribution in [0.4, 0.5) is 11.4 Å². The monoisotopic (exact) mass is 379 g/mol. The second-order valence-electron chi connectivity index (χ2n) is 6.69. The molecule has 1 atom stereocenters. The number of carbonyl (C=O) groups excluding carboxylic acids is 1. The maximum Gasteiger partial charge on any atom is 0.252 e. The van der Waals surface area contributed by atoms with Crippen LogP contribution in [0.25, 0.3) is 10.9 Å². The highest BCUT2D eigenvalue weighted by molar-refractivity contribution is 6.08. The molecule has 7 nitrogen and oxygen atoms in total. The summed E-state index contributed by atoms with van der Waals surface area (Å²) in [6.07, 6.45) is 2.42. The molecule has 0 aliphatic heterocycles. The van der Waals surface area contributed by atoms with Crippen molar-refractivity contribution in [3.8, 4) is 11.5 Å². The van der Waals surface area contributed by atoms with Gasteiger partial charge in [-0.05, 0) is 36.1 Å². The molecular weight excluding hydrogens is 358 g/mol. The number of aromatic nitrogens is 1. The summed E-state index contributed by atoms with van der Waals surface area (Å²) in [4.78, 5) is 16.4. The molecule has 1 aromatic heterocycles. The number of primary amides is 1. The second-order valence-corrected chi connectivity index (χ2v) is 6.69. The zero-order valence-electron chi connectivity index (χ0n) is 15.7. The van der Waals surface area contributed by atoms with Crippen molar-refractivity contribution in [1.29, 1.82) is 0 Å². The third-order valence-corrected chi connectivity index (χ3v) is 5.14. The first kappa shape index (κ1) is 18.1. The lowest BCUT2D eigenvalue weighted by atomic mass is 10.0. The molecule has 0 radical (unpaired) electrons. The largest absolute Gasteiger partial charge is 0.493 e. The van der Waals surface area contributed by atoms with Crippen LogP contribution in [0, 0.1) is 0 Å². The van der Waals surface area contributed by atoms with E-state index in [9.17, 15) is 9.90 Å². The summed E-state index contributed by atoms with van der Waals surface area (Å²) >= 11 is 0. The molecule has 144 valence electrons. The Hall–Kier alpha value is -3.32. The molecule has 1 unspecified atom stereocenters. The van der Waals surface area contributed by atoms with Gasteiger partial charge >= 0.3 is 0 Å². The van der Waals surface area contributed by atoms with Gasteiger partial charge < -0.3 is 25.6 Å². The minimum absolute atomic E-state index is 0.274. The number of fused-ring (bicyclic) bond motifs is 2. The number of carbonyl (C=O) groups is 1. The Bertz CT molecular complexity index is 1080. The lowest BCUT2D eigenvalue weighted by molar-refractivity contribution is 0.100. The van der Waals surface area contributed by atoms with E-state index in [0.717, 1.165) is 23.2 Å². The summed E-state index contributed by atoms with van der Waals surface area (Å²) in [6.45, 7) is 0. The SMILES string of the molecule is COc1cc2ncc(C(N)=O)c(Nc3cccc4c3CCC4O)c2cc1OC. The molecule has 0 fully saturated rings. The van der Waals surface area contributed by atoms with E-state index < -0.39 is 12.0 Å². The molecule has 4 rings (SSSR count). The molecular formula is C21H21N3O4. The fraction of sp³-hybridized carbons (Fsp3) is 0.238. The van der Waals surface area contributed by atoms with Crippen molar-refractivity contribution in [2.75, 3.05) is 19.5 Å². The number of aliphatic hydroxyl groups is 1. The van der Waals surface area contributed by atoms with E-state index in [1.165, 1.54) is 6.20 Å². The van der Waals surface area contributed by atoms with Gasteiger partial charge in [-0.25, -0.2) is 0 Å². The maximum atomic E-state index is 12.1. The minimum atomic E-state index is -0.584. The van der Waals surface area contributed by atoms with Gasteiger partial charge in [0.2, 0.25) is 0 Å². The normalized spacial score (nSPS) is 15.3. The zero-order valence-corrected chi connectivity index (χ0v) is 15.7. The molecule has 1 aliphatic rings. The van der Waals surface area contributed by atoms with Crippen LogP contribution in [0.1, 0.15) is 34.0 Å². The molecule has 0 saturated carbocycles. The lowest BCUT2D eigenvalue weighted by Gasteiger charge is -2.17. The number of methoxy groups -OCH3 is 2. The van der Waals surface area contributed by atoms with Crippen LogP contribution >= 0.6 is 0 Å². The molecule has 1 heterocycles. The number of pyridine rings is 1. The smallest absolute Gasteiger partial charge is 0.252 e. The number of nitrogens with two attached hydrogens (primary N) is 1. The van der Waals surface area contributed by atoms with Gasteiger partial charge in [-0.1, -0.05) is 12.1 Å². The Labute approximate surface area is 162 Å². The number of anilines is 2. The Kier molecular flexibility index (Phi) is 4.52. The van der Waals surface area contributed by atoms with E-state index in [1.54, 1.807) is 26.4 Å². The standard InChI is InChI=1S/C21H21N3O4/c1-27-18-8-13-16(9-19(18)28-2)23-10-14(21(22)26)20(13)24-15-5-3-4-12-11(15)6-7-17(12)25/h3-5,8-10,17,25H,6-7H2,1-2H3,(H2,22,26)(H,23,24). The maximum absolute atomic E-state index is 12.1. The van der Waals surface area contributed by atoms with Crippen LogP contribution in [0.15, 0.2) is 36.5 Å². The van der Waals surface area contributed by atoms with E-state index in [0.29, 0.717) is 34.5 Å². The zero-order chi connectivity index (χ0) is 19.8. The van der Waals surface area contributed by atoms with Gasteiger partial charge in [0.25, 0.3) is 5.91 Å². The first-order valence-corrected chi connectivity index (χ1v) is 8.95. The summed E-state index contributed by atoms with van der Waals surface area (Å²) < 4.78 is 10.8. The predicted octanol–water partition coefficient (Wildman–Crippen LogP) is 3.07. The van der Waals surface area contributed by atoms with Gasteiger partial charge in [0.05, 0.1) is 37.1 Å². The number of hydrogen-bond donors (Lipinski definition) is 3.